The van der Waals surface area contributed by atoms with E-state index >= 15 is 0 Å². The van der Waals surface area contributed by atoms with E-state index in [0.717, 1.165) is 10.9 Å². The fourth-order valence-electron chi connectivity index (χ4n) is 4.02. The molecule has 0 unspecified atom stereocenters. The number of carbonyl (C=O) groups is 2. The van der Waals surface area contributed by atoms with Gasteiger partial charge in [0.25, 0.3) is 5.91 Å². The van der Waals surface area contributed by atoms with Crippen molar-refractivity contribution in [2.24, 2.45) is 7.05 Å². The highest BCUT2D eigenvalue weighted by molar-refractivity contribution is 5.98. The molecule has 0 saturated carbocycles. The molecule has 2 aliphatic heterocycles. The van der Waals surface area contributed by atoms with Crippen LogP contribution in [0.2, 0.25) is 0 Å². The van der Waals surface area contributed by atoms with E-state index in [4.69, 9.17) is 4.74 Å². The lowest BCUT2D eigenvalue weighted by Crippen LogP contribution is -2.73. The maximum absolute atomic E-state index is 12.8. The van der Waals surface area contributed by atoms with Gasteiger partial charge >= 0.3 is 0 Å². The molecule has 2 aromatic rings. The number of aromatic nitrogens is 1. The highest BCUT2D eigenvalue weighted by atomic mass is 16.5. The van der Waals surface area contributed by atoms with Gasteiger partial charge in [0.05, 0.1) is 19.7 Å². The lowest BCUT2D eigenvalue weighted by Gasteiger charge is -2.54. The summed E-state index contributed by atoms with van der Waals surface area (Å²) in [6.07, 6.45) is 1.99. The molecule has 138 valence electrons. The summed E-state index contributed by atoms with van der Waals surface area (Å²) in [7, 11) is 5.55. The summed E-state index contributed by atoms with van der Waals surface area (Å²) in [5.74, 6) is -0.00757. The van der Waals surface area contributed by atoms with Crippen molar-refractivity contribution in [2.75, 3.05) is 40.3 Å². The van der Waals surface area contributed by atoms with Gasteiger partial charge in [-0.3, -0.25) is 14.5 Å². The van der Waals surface area contributed by atoms with Crippen LogP contribution < -0.4 is 5.32 Å². The number of likely N-dealkylation sites (N-methyl/N-ethyl adjacent to an activating group) is 2. The number of likely N-dealkylation sites (tertiary alicyclic amines) is 1. The Kier molecular flexibility index (Phi) is 4.00. The maximum Gasteiger partial charge on any atom is 0.254 e. The van der Waals surface area contributed by atoms with E-state index in [9.17, 15) is 9.59 Å². The van der Waals surface area contributed by atoms with Crippen molar-refractivity contribution in [1.82, 2.24) is 19.7 Å². The quantitative estimate of drug-likeness (QED) is 0.849. The number of amides is 2. The van der Waals surface area contributed by atoms with Crippen LogP contribution in [0.5, 0.6) is 0 Å². The Bertz CT molecular complexity index is 869. The van der Waals surface area contributed by atoms with Gasteiger partial charge in [0.2, 0.25) is 5.91 Å². The van der Waals surface area contributed by atoms with Gasteiger partial charge in [0, 0.05) is 43.3 Å². The minimum atomic E-state index is -0.355. The van der Waals surface area contributed by atoms with Crippen LogP contribution in [0, 0.1) is 0 Å². The third kappa shape index (κ3) is 2.68. The van der Waals surface area contributed by atoms with E-state index in [0.29, 0.717) is 31.8 Å². The van der Waals surface area contributed by atoms with Gasteiger partial charge in [0.15, 0.2) is 0 Å². The smallest absolute Gasteiger partial charge is 0.254 e. The standard InChI is InChI=1S/C19H24N4O3/c1-20-17(24)16-9-26-19(10-22(16)3)11-23(12-19)18(25)14-4-5-15-13(8-14)6-7-21(15)2/h4-8,16H,9-12H2,1-3H3,(H,20,24)/t16-/m1/s1. The molecule has 4 rings (SSSR count). The summed E-state index contributed by atoms with van der Waals surface area (Å²) in [5.41, 5.74) is 1.45. The van der Waals surface area contributed by atoms with Gasteiger partial charge in [-0.05, 0) is 31.3 Å². The number of fused-ring (bicyclic) bond motifs is 1. The molecule has 2 amide bonds. The summed E-state index contributed by atoms with van der Waals surface area (Å²) in [6.45, 7) is 2.12. The lowest BCUT2D eigenvalue weighted by molar-refractivity contribution is -0.187. The van der Waals surface area contributed by atoms with Crippen LogP contribution in [0.4, 0.5) is 0 Å². The highest BCUT2D eigenvalue weighted by Gasteiger charge is 2.51. The number of benzene rings is 1. The number of aryl methyl sites for hydroxylation is 1. The third-order valence-electron chi connectivity index (χ3n) is 5.54. The van der Waals surface area contributed by atoms with E-state index in [1.807, 2.05) is 58.9 Å². The Morgan fingerprint density at radius 1 is 1.19 bits per heavy atom. The summed E-state index contributed by atoms with van der Waals surface area (Å²) in [5, 5.41) is 3.73. The van der Waals surface area contributed by atoms with Crippen molar-refractivity contribution in [3.8, 4) is 0 Å². The number of nitrogens with zero attached hydrogens (tertiary/aromatic N) is 3. The van der Waals surface area contributed by atoms with Crippen molar-refractivity contribution in [2.45, 2.75) is 11.6 Å². The van der Waals surface area contributed by atoms with Crippen molar-refractivity contribution in [3.05, 3.63) is 36.0 Å². The van der Waals surface area contributed by atoms with Crippen LogP contribution in [0.15, 0.2) is 30.5 Å². The minimum Gasteiger partial charge on any atom is -0.368 e. The number of carbonyl (C=O) groups excluding carboxylic acids is 2. The molecule has 26 heavy (non-hydrogen) atoms. The molecule has 2 saturated heterocycles. The van der Waals surface area contributed by atoms with Crippen LogP contribution in [0.25, 0.3) is 10.9 Å². The van der Waals surface area contributed by atoms with Gasteiger partial charge < -0.3 is 19.5 Å². The number of morpholine rings is 1. The first-order valence-electron chi connectivity index (χ1n) is 8.83. The Labute approximate surface area is 152 Å². The van der Waals surface area contributed by atoms with Gasteiger partial charge in [-0.25, -0.2) is 0 Å². The maximum atomic E-state index is 12.8. The number of hydrogen-bond acceptors (Lipinski definition) is 4. The van der Waals surface area contributed by atoms with Crippen molar-refractivity contribution >= 4 is 22.7 Å². The van der Waals surface area contributed by atoms with Crippen LogP contribution in [0.3, 0.4) is 0 Å². The zero-order chi connectivity index (χ0) is 18.5. The van der Waals surface area contributed by atoms with Gasteiger partial charge in [-0.2, -0.15) is 0 Å². The first-order valence-corrected chi connectivity index (χ1v) is 8.83. The molecule has 3 heterocycles. The molecule has 0 bridgehead atoms. The predicted octanol–water partition coefficient (Wildman–Crippen LogP) is 0.450. The Morgan fingerprint density at radius 2 is 1.96 bits per heavy atom. The van der Waals surface area contributed by atoms with Crippen LogP contribution >= 0.6 is 0 Å². The molecule has 1 aromatic heterocycles. The molecule has 7 heteroatoms. The van der Waals surface area contributed by atoms with E-state index in [1.165, 1.54) is 0 Å². The molecule has 1 N–H and O–H groups in total. The Hall–Kier alpha value is -2.38. The zero-order valence-electron chi connectivity index (χ0n) is 15.4. The van der Waals surface area contributed by atoms with E-state index in [-0.39, 0.29) is 23.5 Å². The van der Waals surface area contributed by atoms with E-state index in [1.54, 1.807) is 7.05 Å². The summed E-state index contributed by atoms with van der Waals surface area (Å²) in [4.78, 5) is 28.5. The van der Waals surface area contributed by atoms with Crippen LogP contribution in [-0.4, -0.2) is 78.2 Å². The number of ether oxygens (including phenoxy) is 1. The second-order valence-corrected chi connectivity index (χ2v) is 7.40. The number of hydrogen-bond donors (Lipinski definition) is 1. The average molecular weight is 356 g/mol. The molecule has 2 fully saturated rings. The van der Waals surface area contributed by atoms with Crippen LogP contribution in [0.1, 0.15) is 10.4 Å². The minimum absolute atomic E-state index is 0.0288. The Balaban J connectivity index is 1.42. The first-order chi connectivity index (χ1) is 12.4. The zero-order valence-corrected chi connectivity index (χ0v) is 15.4. The van der Waals surface area contributed by atoms with Gasteiger partial charge in [-0.15, -0.1) is 0 Å². The largest absolute Gasteiger partial charge is 0.368 e. The molecular formula is C19H24N4O3. The lowest BCUT2D eigenvalue weighted by atomic mass is 9.90. The van der Waals surface area contributed by atoms with E-state index < -0.39 is 0 Å². The summed E-state index contributed by atoms with van der Waals surface area (Å²) < 4.78 is 8.04. The van der Waals surface area contributed by atoms with Gasteiger partial charge in [0.1, 0.15) is 11.6 Å². The molecule has 0 radical (unpaired) electrons. The highest BCUT2D eigenvalue weighted by Crippen LogP contribution is 2.32. The molecule has 7 nitrogen and oxygen atoms in total. The predicted molar refractivity (Wildman–Crippen MR) is 98.0 cm³/mol. The van der Waals surface area contributed by atoms with Crippen molar-refractivity contribution in [3.63, 3.8) is 0 Å². The fourth-order valence-corrected chi connectivity index (χ4v) is 4.02. The second kappa shape index (κ2) is 6.10. The van der Waals surface area contributed by atoms with Crippen molar-refractivity contribution < 1.29 is 14.3 Å². The average Bonchev–Trinajstić information content (AvgIpc) is 2.98. The monoisotopic (exact) mass is 356 g/mol. The topological polar surface area (TPSA) is 66.8 Å². The van der Waals surface area contributed by atoms with Crippen molar-refractivity contribution in [1.29, 1.82) is 0 Å². The van der Waals surface area contributed by atoms with Crippen LogP contribution in [-0.2, 0) is 16.6 Å². The molecule has 0 aliphatic carbocycles. The SMILES string of the molecule is CNC(=O)[C@H]1COC2(CN(C(=O)c3ccc4c(ccn4C)c3)C2)CN1C. The fraction of sp³-hybridized carbons (Fsp3) is 0.474. The van der Waals surface area contributed by atoms with E-state index in [2.05, 4.69) is 5.32 Å². The molecule has 1 aromatic carbocycles. The van der Waals surface area contributed by atoms with Gasteiger partial charge in [-0.1, -0.05) is 0 Å². The number of rotatable bonds is 2. The summed E-state index contributed by atoms with van der Waals surface area (Å²) >= 11 is 0. The third-order valence-corrected chi connectivity index (χ3v) is 5.54. The molecule has 2 aliphatic rings. The number of nitrogens with one attached hydrogen (secondary N) is 1. The second-order valence-electron chi connectivity index (χ2n) is 7.40. The molecular weight excluding hydrogens is 332 g/mol. The first kappa shape index (κ1) is 17.1. The molecule has 1 spiro atoms. The normalized spacial score (nSPS) is 22.4. The Morgan fingerprint density at radius 3 is 2.65 bits per heavy atom. The molecule has 1 atom stereocenters. The summed E-state index contributed by atoms with van der Waals surface area (Å²) in [6, 6.07) is 7.55.